The summed E-state index contributed by atoms with van der Waals surface area (Å²) in [6.45, 7) is 0.521. The topological polar surface area (TPSA) is 58.5 Å². The van der Waals surface area contributed by atoms with E-state index in [9.17, 15) is 9.70 Å². The van der Waals surface area contributed by atoms with Crippen molar-refractivity contribution in [2.24, 2.45) is 5.18 Å². The first-order valence-corrected chi connectivity index (χ1v) is 6.01. The second-order valence-electron chi connectivity index (χ2n) is 4.20. The third kappa shape index (κ3) is 4.03. The molecule has 0 radical (unpaired) electrons. The summed E-state index contributed by atoms with van der Waals surface area (Å²) in [5.41, 5.74) is 2.29. The first kappa shape index (κ1) is 13.0. The van der Waals surface area contributed by atoms with E-state index in [4.69, 9.17) is 0 Å². The van der Waals surface area contributed by atoms with Crippen LogP contribution in [0.3, 0.4) is 0 Å². The molecule has 2 aromatic carbocycles. The Morgan fingerprint density at radius 2 is 1.63 bits per heavy atom. The van der Waals surface area contributed by atoms with Crippen molar-refractivity contribution in [3.63, 3.8) is 0 Å². The minimum Gasteiger partial charge on any atom is -0.352 e. The summed E-state index contributed by atoms with van der Waals surface area (Å²) in [7, 11) is 0. The Labute approximate surface area is 111 Å². The van der Waals surface area contributed by atoms with Crippen molar-refractivity contribution < 1.29 is 4.79 Å². The van der Waals surface area contributed by atoms with Crippen molar-refractivity contribution in [2.45, 2.75) is 13.0 Å². The van der Waals surface area contributed by atoms with Crippen molar-refractivity contribution in [1.82, 2.24) is 5.32 Å². The molecule has 1 N–H and O–H groups in total. The number of carbonyl (C=O) groups excluding carboxylic acids is 1. The Morgan fingerprint density at radius 1 is 0.947 bits per heavy atom. The van der Waals surface area contributed by atoms with Crippen molar-refractivity contribution in [3.05, 3.63) is 70.6 Å². The summed E-state index contributed by atoms with van der Waals surface area (Å²) < 4.78 is 0. The molecule has 0 saturated carbocycles. The highest BCUT2D eigenvalue weighted by Gasteiger charge is 2.03. The Bertz CT molecular complexity index is 550. The van der Waals surface area contributed by atoms with Crippen LogP contribution >= 0.6 is 0 Å². The minimum absolute atomic E-state index is 0.0457. The van der Waals surface area contributed by atoms with Gasteiger partial charge in [-0.3, -0.25) is 4.79 Å². The number of carbonyl (C=O) groups is 1. The molecule has 1 amide bonds. The number of nitrogens with one attached hydrogen (secondary N) is 1. The molecule has 0 unspecified atom stereocenters. The zero-order valence-electron chi connectivity index (χ0n) is 10.4. The Kier molecular flexibility index (Phi) is 4.39. The molecule has 4 nitrogen and oxygen atoms in total. The predicted molar refractivity (Wildman–Crippen MR) is 73.9 cm³/mol. The molecular weight excluding hydrogens is 240 g/mol. The summed E-state index contributed by atoms with van der Waals surface area (Å²) in [6, 6.07) is 16.4. The molecule has 2 rings (SSSR count). The van der Waals surface area contributed by atoms with E-state index >= 15 is 0 Å². The lowest BCUT2D eigenvalue weighted by Crippen LogP contribution is -2.24. The molecule has 0 aliphatic heterocycles. The fraction of sp³-hybridized carbons (Fsp3) is 0.133. The van der Waals surface area contributed by atoms with Crippen LogP contribution in [-0.2, 0) is 17.8 Å². The summed E-state index contributed by atoms with van der Waals surface area (Å²) >= 11 is 0. The molecule has 0 saturated heterocycles. The lowest BCUT2D eigenvalue weighted by atomic mass is 10.1. The lowest BCUT2D eigenvalue weighted by Gasteiger charge is -2.05. The van der Waals surface area contributed by atoms with Gasteiger partial charge in [0.25, 0.3) is 0 Å². The fourth-order valence-electron chi connectivity index (χ4n) is 1.72. The van der Waals surface area contributed by atoms with E-state index < -0.39 is 0 Å². The molecule has 0 aromatic heterocycles. The molecule has 4 heteroatoms. The number of rotatable bonds is 5. The van der Waals surface area contributed by atoms with Crippen LogP contribution in [0.15, 0.2) is 59.8 Å². The van der Waals surface area contributed by atoms with Crippen LogP contribution < -0.4 is 5.32 Å². The van der Waals surface area contributed by atoms with Gasteiger partial charge in [0.2, 0.25) is 5.91 Å². The van der Waals surface area contributed by atoms with Crippen LogP contribution in [0.4, 0.5) is 5.69 Å². The van der Waals surface area contributed by atoms with Gasteiger partial charge in [0, 0.05) is 6.54 Å². The number of benzene rings is 2. The second kappa shape index (κ2) is 6.44. The van der Waals surface area contributed by atoms with E-state index in [2.05, 4.69) is 10.5 Å². The molecule has 0 aliphatic carbocycles. The van der Waals surface area contributed by atoms with Crippen molar-refractivity contribution in [2.75, 3.05) is 0 Å². The van der Waals surface area contributed by atoms with Crippen LogP contribution in [0.2, 0.25) is 0 Å². The molecule has 0 heterocycles. The maximum atomic E-state index is 11.7. The molecule has 96 valence electrons. The van der Waals surface area contributed by atoms with Crippen LogP contribution in [0, 0.1) is 4.91 Å². The van der Waals surface area contributed by atoms with Gasteiger partial charge in [-0.2, -0.15) is 0 Å². The summed E-state index contributed by atoms with van der Waals surface area (Å²) in [4.78, 5) is 22.0. The van der Waals surface area contributed by atoms with Gasteiger partial charge in [-0.25, -0.2) is 0 Å². The molecule has 0 spiro atoms. The van der Waals surface area contributed by atoms with E-state index in [1.807, 2.05) is 30.3 Å². The molecule has 19 heavy (non-hydrogen) atoms. The molecule has 0 aliphatic rings. The van der Waals surface area contributed by atoms with Gasteiger partial charge in [-0.1, -0.05) is 42.5 Å². The summed E-state index contributed by atoms with van der Waals surface area (Å²) in [6.07, 6.45) is 0.298. The zero-order valence-corrected chi connectivity index (χ0v) is 10.4. The van der Waals surface area contributed by atoms with E-state index in [-0.39, 0.29) is 5.91 Å². The minimum atomic E-state index is -0.0457. The molecule has 0 bridgehead atoms. The molecule has 0 fully saturated rings. The SMILES string of the molecule is O=Nc1ccc(CC(=O)NCc2ccccc2)cc1. The van der Waals surface area contributed by atoms with Gasteiger partial charge in [-0.15, -0.1) is 4.91 Å². The smallest absolute Gasteiger partial charge is 0.224 e. The predicted octanol–water partition coefficient (Wildman–Crippen LogP) is 2.94. The second-order valence-corrected chi connectivity index (χ2v) is 4.20. The third-order valence-corrected chi connectivity index (χ3v) is 2.74. The Balaban J connectivity index is 1.85. The van der Waals surface area contributed by atoms with Crippen molar-refractivity contribution in [1.29, 1.82) is 0 Å². The fourth-order valence-corrected chi connectivity index (χ4v) is 1.72. The summed E-state index contributed by atoms with van der Waals surface area (Å²) in [5.74, 6) is -0.0457. The number of nitroso groups, excluding NO2 is 1. The highest BCUT2D eigenvalue weighted by Crippen LogP contribution is 2.12. The number of amides is 1. The van der Waals surface area contributed by atoms with Crippen LogP contribution in [0.25, 0.3) is 0 Å². The number of nitrogens with zero attached hydrogens (tertiary/aromatic N) is 1. The highest BCUT2D eigenvalue weighted by atomic mass is 16.3. The van der Waals surface area contributed by atoms with E-state index in [0.29, 0.717) is 18.7 Å². The molecule has 0 atom stereocenters. The van der Waals surface area contributed by atoms with Gasteiger partial charge in [-0.05, 0) is 28.4 Å². The first-order valence-electron chi connectivity index (χ1n) is 6.01. The third-order valence-electron chi connectivity index (χ3n) is 2.74. The Morgan fingerprint density at radius 3 is 2.26 bits per heavy atom. The quantitative estimate of drug-likeness (QED) is 0.834. The standard InChI is InChI=1S/C15H14N2O2/c18-15(16-11-13-4-2-1-3-5-13)10-12-6-8-14(17-19)9-7-12/h1-9H,10-11H2,(H,16,18). The van der Waals surface area contributed by atoms with E-state index in [0.717, 1.165) is 11.1 Å². The first-order chi connectivity index (χ1) is 9.28. The average molecular weight is 254 g/mol. The van der Waals surface area contributed by atoms with Gasteiger partial charge in [0.05, 0.1) is 6.42 Å². The maximum Gasteiger partial charge on any atom is 0.224 e. The van der Waals surface area contributed by atoms with Gasteiger partial charge in [0.15, 0.2) is 0 Å². The molecular formula is C15H14N2O2. The maximum absolute atomic E-state index is 11.7. The zero-order chi connectivity index (χ0) is 13.5. The number of hydrogen-bond acceptors (Lipinski definition) is 3. The Hall–Kier alpha value is -2.49. The van der Waals surface area contributed by atoms with Gasteiger partial charge < -0.3 is 5.32 Å². The van der Waals surface area contributed by atoms with Crippen LogP contribution in [0.5, 0.6) is 0 Å². The summed E-state index contributed by atoms with van der Waals surface area (Å²) in [5, 5.41) is 5.67. The average Bonchev–Trinajstić information content (AvgIpc) is 2.47. The largest absolute Gasteiger partial charge is 0.352 e. The van der Waals surface area contributed by atoms with Crippen molar-refractivity contribution in [3.8, 4) is 0 Å². The van der Waals surface area contributed by atoms with Crippen LogP contribution in [0.1, 0.15) is 11.1 Å². The van der Waals surface area contributed by atoms with E-state index in [1.165, 1.54) is 0 Å². The monoisotopic (exact) mass is 254 g/mol. The lowest BCUT2D eigenvalue weighted by molar-refractivity contribution is -0.120. The van der Waals surface area contributed by atoms with E-state index in [1.54, 1.807) is 24.3 Å². The van der Waals surface area contributed by atoms with Gasteiger partial charge in [0.1, 0.15) is 5.69 Å². The molecule has 2 aromatic rings. The number of hydrogen-bond donors (Lipinski definition) is 1. The van der Waals surface area contributed by atoms with Crippen molar-refractivity contribution >= 4 is 11.6 Å². The highest BCUT2D eigenvalue weighted by molar-refractivity contribution is 5.78. The normalized spacial score (nSPS) is 9.89. The van der Waals surface area contributed by atoms with Crippen LogP contribution in [-0.4, -0.2) is 5.91 Å². The van der Waals surface area contributed by atoms with Gasteiger partial charge >= 0.3 is 0 Å².